The van der Waals surface area contributed by atoms with Crippen LogP contribution in [0.5, 0.6) is 0 Å². The lowest BCUT2D eigenvalue weighted by atomic mass is 9.97. The number of ether oxygens (including phenoxy) is 1. The maximum Gasteiger partial charge on any atom is 0.321 e. The van der Waals surface area contributed by atoms with E-state index in [1.807, 2.05) is 0 Å². The molecule has 1 N–H and O–H groups in total. The number of piperidine rings is 1. The number of esters is 1. The average molecular weight is 320 g/mol. The first-order chi connectivity index (χ1) is 11.1. The Bertz CT molecular complexity index is 581. The topological polar surface area (TPSA) is 58.6 Å². The molecule has 1 saturated heterocycles. The summed E-state index contributed by atoms with van der Waals surface area (Å²) >= 11 is 0. The molecular formula is C17H21FN2O3. The number of carbonyl (C=O) groups excluding carboxylic acids is 2. The number of benzene rings is 1. The number of nitrogens with one attached hydrogen (secondary N) is 1. The van der Waals surface area contributed by atoms with E-state index in [0.29, 0.717) is 38.1 Å². The highest BCUT2D eigenvalue weighted by Gasteiger charge is 2.27. The monoisotopic (exact) mass is 320 g/mol. The van der Waals surface area contributed by atoms with Crippen LogP contribution in [0.1, 0.15) is 25.3 Å². The number of rotatable bonds is 4. The van der Waals surface area contributed by atoms with Crippen molar-refractivity contribution < 1.29 is 18.7 Å². The van der Waals surface area contributed by atoms with Crippen LogP contribution in [0.4, 0.5) is 9.18 Å². The zero-order valence-corrected chi connectivity index (χ0v) is 13.1. The maximum absolute atomic E-state index is 13.0. The largest absolute Gasteiger partial charge is 0.466 e. The maximum atomic E-state index is 13.0. The molecule has 2 rings (SSSR count). The molecule has 0 aromatic heterocycles. The number of carbonyl (C=O) groups is 2. The van der Waals surface area contributed by atoms with Crippen LogP contribution in [0.3, 0.4) is 0 Å². The van der Waals surface area contributed by atoms with Crippen LogP contribution in [0.15, 0.2) is 30.5 Å². The molecule has 2 amide bonds. The standard InChI is InChI=1S/C17H21FN2O3/c1-2-23-16(21)14-7-10-20(11-8-14)17(22)19-9-6-13-4-3-5-15(18)12-13/h3-6,9,12,14H,2,7-8,10-11H2,1H3,(H,19,22)/b9-6+. The molecule has 5 nitrogen and oxygen atoms in total. The molecular weight excluding hydrogens is 299 g/mol. The minimum atomic E-state index is -0.320. The summed E-state index contributed by atoms with van der Waals surface area (Å²) in [5, 5.41) is 2.66. The normalized spacial score (nSPS) is 15.7. The van der Waals surface area contributed by atoms with Gasteiger partial charge in [-0.05, 0) is 43.5 Å². The van der Waals surface area contributed by atoms with E-state index in [-0.39, 0.29) is 23.7 Å². The third kappa shape index (κ3) is 5.09. The lowest BCUT2D eigenvalue weighted by molar-refractivity contribution is -0.149. The first-order valence-corrected chi connectivity index (χ1v) is 7.74. The molecule has 1 aliphatic rings. The Kier molecular flexibility index (Phi) is 6.14. The number of likely N-dealkylation sites (tertiary alicyclic amines) is 1. The van der Waals surface area contributed by atoms with Gasteiger partial charge in [0.2, 0.25) is 0 Å². The van der Waals surface area contributed by atoms with Gasteiger partial charge in [-0.25, -0.2) is 9.18 Å². The van der Waals surface area contributed by atoms with Crippen LogP contribution in [0.2, 0.25) is 0 Å². The first-order valence-electron chi connectivity index (χ1n) is 7.74. The fourth-order valence-electron chi connectivity index (χ4n) is 2.49. The highest BCUT2D eigenvalue weighted by molar-refractivity contribution is 5.77. The summed E-state index contributed by atoms with van der Waals surface area (Å²) in [6, 6.07) is 5.88. The van der Waals surface area contributed by atoms with Gasteiger partial charge in [-0.15, -0.1) is 0 Å². The van der Waals surface area contributed by atoms with Crippen molar-refractivity contribution in [2.45, 2.75) is 19.8 Å². The number of halogens is 1. The molecule has 0 aliphatic carbocycles. The minimum Gasteiger partial charge on any atom is -0.466 e. The quantitative estimate of drug-likeness (QED) is 0.868. The summed E-state index contributed by atoms with van der Waals surface area (Å²) in [5.41, 5.74) is 0.673. The van der Waals surface area contributed by atoms with Gasteiger partial charge in [-0.1, -0.05) is 12.1 Å². The third-order valence-electron chi connectivity index (χ3n) is 3.73. The second kappa shape index (κ2) is 8.31. The SMILES string of the molecule is CCOC(=O)C1CCN(C(=O)N/C=C/c2cccc(F)c2)CC1. The summed E-state index contributed by atoms with van der Waals surface area (Å²) in [6.07, 6.45) is 4.35. The summed E-state index contributed by atoms with van der Waals surface area (Å²) in [7, 11) is 0. The molecule has 0 radical (unpaired) electrons. The summed E-state index contributed by atoms with van der Waals surface area (Å²) in [4.78, 5) is 25.3. The van der Waals surface area contributed by atoms with Crippen LogP contribution >= 0.6 is 0 Å². The highest BCUT2D eigenvalue weighted by atomic mass is 19.1. The molecule has 0 bridgehead atoms. The fourth-order valence-corrected chi connectivity index (χ4v) is 2.49. The molecule has 6 heteroatoms. The lowest BCUT2D eigenvalue weighted by Gasteiger charge is -2.30. The van der Waals surface area contributed by atoms with E-state index in [1.165, 1.54) is 18.3 Å². The van der Waals surface area contributed by atoms with Crippen molar-refractivity contribution in [3.05, 3.63) is 41.8 Å². The molecule has 0 unspecified atom stereocenters. The van der Waals surface area contributed by atoms with Gasteiger partial charge in [0.1, 0.15) is 5.82 Å². The first kappa shape index (κ1) is 17.0. The molecule has 1 heterocycles. The Balaban J connectivity index is 1.78. The molecule has 1 aromatic carbocycles. The van der Waals surface area contributed by atoms with Crippen molar-refractivity contribution in [3.63, 3.8) is 0 Å². The predicted octanol–water partition coefficient (Wildman–Crippen LogP) is 2.78. The number of nitrogens with zero attached hydrogens (tertiary/aromatic N) is 1. The molecule has 1 aliphatic heterocycles. The van der Waals surface area contributed by atoms with Crippen LogP contribution in [0, 0.1) is 11.7 Å². The molecule has 0 atom stereocenters. The van der Waals surface area contributed by atoms with Crippen LogP contribution in [-0.4, -0.2) is 36.6 Å². The van der Waals surface area contributed by atoms with E-state index in [0.717, 1.165) is 0 Å². The van der Waals surface area contributed by atoms with Gasteiger partial charge in [0.15, 0.2) is 0 Å². The van der Waals surface area contributed by atoms with Gasteiger partial charge < -0.3 is 15.0 Å². The number of hydrogen-bond acceptors (Lipinski definition) is 3. The average Bonchev–Trinajstić information content (AvgIpc) is 2.55. The second-order valence-electron chi connectivity index (χ2n) is 5.35. The summed E-state index contributed by atoms with van der Waals surface area (Å²) in [5.74, 6) is -0.625. The predicted molar refractivity (Wildman–Crippen MR) is 84.9 cm³/mol. The lowest BCUT2D eigenvalue weighted by Crippen LogP contribution is -2.44. The van der Waals surface area contributed by atoms with Gasteiger partial charge in [-0.3, -0.25) is 4.79 Å². The van der Waals surface area contributed by atoms with E-state index < -0.39 is 0 Å². The van der Waals surface area contributed by atoms with Crippen molar-refractivity contribution in [1.29, 1.82) is 0 Å². The molecule has 0 saturated carbocycles. The molecule has 23 heavy (non-hydrogen) atoms. The Morgan fingerprint density at radius 1 is 1.39 bits per heavy atom. The molecule has 1 aromatic rings. The minimum absolute atomic E-state index is 0.123. The van der Waals surface area contributed by atoms with E-state index in [4.69, 9.17) is 4.74 Å². The Morgan fingerprint density at radius 3 is 2.78 bits per heavy atom. The van der Waals surface area contributed by atoms with Gasteiger partial charge in [0.05, 0.1) is 12.5 Å². The molecule has 1 fully saturated rings. The van der Waals surface area contributed by atoms with Gasteiger partial charge in [0.25, 0.3) is 0 Å². The number of urea groups is 1. The van der Waals surface area contributed by atoms with Gasteiger partial charge >= 0.3 is 12.0 Å². The van der Waals surface area contributed by atoms with E-state index in [9.17, 15) is 14.0 Å². The zero-order valence-electron chi connectivity index (χ0n) is 13.1. The van der Waals surface area contributed by atoms with Gasteiger partial charge in [-0.2, -0.15) is 0 Å². The van der Waals surface area contributed by atoms with Gasteiger partial charge in [0, 0.05) is 19.3 Å². The fraction of sp³-hybridized carbons (Fsp3) is 0.412. The Morgan fingerprint density at radius 2 is 2.13 bits per heavy atom. The van der Waals surface area contributed by atoms with Crippen molar-refractivity contribution in [1.82, 2.24) is 10.2 Å². The van der Waals surface area contributed by atoms with Crippen LogP contribution in [0.25, 0.3) is 6.08 Å². The van der Waals surface area contributed by atoms with E-state index >= 15 is 0 Å². The van der Waals surface area contributed by atoms with Crippen molar-refractivity contribution in [3.8, 4) is 0 Å². The number of hydrogen-bond donors (Lipinski definition) is 1. The van der Waals surface area contributed by atoms with Crippen LogP contribution in [-0.2, 0) is 9.53 Å². The van der Waals surface area contributed by atoms with E-state index in [1.54, 1.807) is 30.0 Å². The Labute approximate surface area is 135 Å². The van der Waals surface area contributed by atoms with Crippen molar-refractivity contribution in [2.75, 3.05) is 19.7 Å². The third-order valence-corrected chi connectivity index (χ3v) is 3.73. The highest BCUT2D eigenvalue weighted by Crippen LogP contribution is 2.18. The Hall–Kier alpha value is -2.37. The summed E-state index contributed by atoms with van der Waals surface area (Å²) < 4.78 is 18.0. The molecule has 0 spiro atoms. The number of amides is 2. The zero-order chi connectivity index (χ0) is 16.7. The van der Waals surface area contributed by atoms with Crippen molar-refractivity contribution >= 4 is 18.1 Å². The van der Waals surface area contributed by atoms with Crippen molar-refractivity contribution in [2.24, 2.45) is 5.92 Å². The second-order valence-corrected chi connectivity index (χ2v) is 5.35. The summed E-state index contributed by atoms with van der Waals surface area (Å²) in [6.45, 7) is 3.20. The van der Waals surface area contributed by atoms with E-state index in [2.05, 4.69) is 5.32 Å². The smallest absolute Gasteiger partial charge is 0.321 e. The van der Waals surface area contributed by atoms with Crippen LogP contribution < -0.4 is 5.32 Å². The molecule has 124 valence electrons.